The molecule has 0 aromatic rings. The lowest BCUT2D eigenvalue weighted by Gasteiger charge is -2.47. The lowest BCUT2D eigenvalue weighted by Crippen LogP contribution is -2.66. The molecule has 2 rings (SSSR count). The molecule has 216 valence electrons. The third-order valence-electron chi connectivity index (χ3n) is 6.84. The number of rotatable bonds is 14. The highest BCUT2D eigenvalue weighted by Crippen LogP contribution is 2.30. The van der Waals surface area contributed by atoms with Gasteiger partial charge in [0.05, 0.1) is 42.3 Å². The maximum absolute atomic E-state index is 11.4. The molecule has 0 amide bonds. The standard InChI is InChI=1S/C23H48N8O6/c1-11(18(33)8-25)31-17-7-15(27)21(20(34)22(17)35-12(2)19(29)16(28)10-32)37-23-14(26)4-3-13(36-23)9-30-6-5-24/h12-15,17-18,20-23,30-34H,1,3-10,24-29H2,2H3/b19-16+. The molecule has 0 radical (unpaired) electrons. The average Bonchev–Trinajstić information content (AvgIpc) is 2.88. The maximum Gasteiger partial charge on any atom is 0.173 e. The summed E-state index contributed by atoms with van der Waals surface area (Å²) in [5.74, 6) is 0. The van der Waals surface area contributed by atoms with Gasteiger partial charge in [-0.3, -0.25) is 0 Å². The predicted octanol–water partition coefficient (Wildman–Crippen LogP) is -4.47. The third-order valence-corrected chi connectivity index (χ3v) is 6.84. The van der Waals surface area contributed by atoms with Gasteiger partial charge in [-0.2, -0.15) is 0 Å². The first-order valence-corrected chi connectivity index (χ1v) is 12.8. The second-order valence-electron chi connectivity index (χ2n) is 9.76. The van der Waals surface area contributed by atoms with Crippen LogP contribution in [0.25, 0.3) is 0 Å². The van der Waals surface area contributed by atoms with Crippen molar-refractivity contribution in [1.82, 2.24) is 10.6 Å². The fraction of sp³-hybridized carbons (Fsp3) is 0.826. The van der Waals surface area contributed by atoms with E-state index >= 15 is 0 Å². The van der Waals surface area contributed by atoms with Gasteiger partial charge in [-0.15, -0.1) is 0 Å². The van der Waals surface area contributed by atoms with E-state index in [0.717, 1.165) is 6.42 Å². The van der Waals surface area contributed by atoms with E-state index in [2.05, 4.69) is 17.2 Å². The first-order chi connectivity index (χ1) is 17.5. The minimum atomic E-state index is -1.23. The smallest absolute Gasteiger partial charge is 0.173 e. The van der Waals surface area contributed by atoms with E-state index in [-0.39, 0.29) is 36.2 Å². The minimum Gasteiger partial charge on any atom is -0.399 e. The van der Waals surface area contributed by atoms with Crippen LogP contribution in [-0.2, 0) is 14.2 Å². The van der Waals surface area contributed by atoms with Crippen LogP contribution in [0.1, 0.15) is 26.2 Å². The van der Waals surface area contributed by atoms with Crippen molar-refractivity contribution in [2.45, 2.75) is 87.2 Å². The van der Waals surface area contributed by atoms with Gasteiger partial charge in [0.1, 0.15) is 24.4 Å². The Bertz CT molecular complexity index is 746. The Labute approximate surface area is 218 Å². The Balaban J connectivity index is 2.21. The summed E-state index contributed by atoms with van der Waals surface area (Å²) in [6, 6.07) is -1.60. The SMILES string of the molecule is C=C(NC1CC(N)C(OC2OC(CNCCN)CCC2N)C(O)C1OC(C)/C(N)=C(\N)CO)C(O)CN. The first-order valence-electron chi connectivity index (χ1n) is 12.8. The molecule has 1 aliphatic carbocycles. The van der Waals surface area contributed by atoms with E-state index in [1.54, 1.807) is 6.92 Å². The van der Waals surface area contributed by atoms with Gasteiger partial charge >= 0.3 is 0 Å². The van der Waals surface area contributed by atoms with Gasteiger partial charge in [0.15, 0.2) is 6.29 Å². The van der Waals surface area contributed by atoms with Crippen LogP contribution in [-0.4, -0.2) is 109 Å². The third kappa shape index (κ3) is 8.73. The van der Waals surface area contributed by atoms with Crippen LogP contribution in [0, 0.1) is 0 Å². The Morgan fingerprint density at radius 2 is 1.86 bits per heavy atom. The second-order valence-corrected chi connectivity index (χ2v) is 9.76. The summed E-state index contributed by atoms with van der Waals surface area (Å²) in [6.45, 7) is 6.78. The number of aliphatic hydroxyl groups excluding tert-OH is 3. The van der Waals surface area contributed by atoms with E-state index in [0.29, 0.717) is 26.1 Å². The summed E-state index contributed by atoms with van der Waals surface area (Å²) in [5, 5.41) is 37.1. The summed E-state index contributed by atoms with van der Waals surface area (Å²) in [5.41, 5.74) is 36.1. The predicted molar refractivity (Wildman–Crippen MR) is 139 cm³/mol. The molecule has 14 heteroatoms. The summed E-state index contributed by atoms with van der Waals surface area (Å²) in [4.78, 5) is 0. The summed E-state index contributed by atoms with van der Waals surface area (Å²) < 4.78 is 18.4. The maximum atomic E-state index is 11.4. The number of ether oxygens (including phenoxy) is 3. The van der Waals surface area contributed by atoms with Gasteiger partial charge in [0.25, 0.3) is 0 Å². The molecule has 2 aliphatic rings. The van der Waals surface area contributed by atoms with Crippen molar-refractivity contribution in [1.29, 1.82) is 0 Å². The molecule has 10 unspecified atom stereocenters. The molecule has 37 heavy (non-hydrogen) atoms. The van der Waals surface area contributed by atoms with Gasteiger partial charge in [-0.05, 0) is 26.2 Å². The van der Waals surface area contributed by atoms with E-state index < -0.39 is 61.5 Å². The van der Waals surface area contributed by atoms with Gasteiger partial charge in [-0.25, -0.2) is 0 Å². The van der Waals surface area contributed by atoms with E-state index in [4.69, 9.17) is 48.6 Å². The number of nitrogens with two attached hydrogens (primary N) is 6. The molecule has 0 aromatic heterocycles. The van der Waals surface area contributed by atoms with Crippen molar-refractivity contribution in [3.8, 4) is 0 Å². The summed E-state index contributed by atoms with van der Waals surface area (Å²) in [7, 11) is 0. The molecular formula is C23H48N8O6. The number of hydrogen-bond donors (Lipinski definition) is 11. The van der Waals surface area contributed by atoms with Crippen LogP contribution in [0.4, 0.5) is 0 Å². The fourth-order valence-electron chi connectivity index (χ4n) is 4.55. The van der Waals surface area contributed by atoms with Crippen molar-refractivity contribution in [3.05, 3.63) is 23.7 Å². The molecule has 1 saturated carbocycles. The van der Waals surface area contributed by atoms with E-state index in [9.17, 15) is 15.3 Å². The molecular weight excluding hydrogens is 484 g/mol. The van der Waals surface area contributed by atoms with Crippen LogP contribution < -0.4 is 45.0 Å². The fourth-order valence-corrected chi connectivity index (χ4v) is 4.55. The van der Waals surface area contributed by atoms with Crippen LogP contribution in [0.5, 0.6) is 0 Å². The molecule has 1 saturated heterocycles. The van der Waals surface area contributed by atoms with Crippen LogP contribution >= 0.6 is 0 Å². The molecule has 1 heterocycles. The van der Waals surface area contributed by atoms with Gasteiger partial charge < -0.3 is 74.6 Å². The lowest BCUT2D eigenvalue weighted by atomic mass is 9.83. The second kappa shape index (κ2) is 15.1. The van der Waals surface area contributed by atoms with Gasteiger partial charge in [0, 0.05) is 37.9 Å². The highest BCUT2D eigenvalue weighted by atomic mass is 16.7. The van der Waals surface area contributed by atoms with Gasteiger partial charge in [0.2, 0.25) is 0 Å². The van der Waals surface area contributed by atoms with Gasteiger partial charge in [-0.1, -0.05) is 6.58 Å². The molecule has 14 nitrogen and oxygen atoms in total. The summed E-state index contributed by atoms with van der Waals surface area (Å²) in [6.07, 6.45) is -3.96. The van der Waals surface area contributed by atoms with Crippen molar-refractivity contribution in [2.24, 2.45) is 34.4 Å². The number of nitrogens with one attached hydrogen (secondary N) is 2. The molecule has 0 aromatic carbocycles. The largest absolute Gasteiger partial charge is 0.399 e. The van der Waals surface area contributed by atoms with Crippen molar-refractivity contribution >= 4 is 0 Å². The van der Waals surface area contributed by atoms with Crippen LogP contribution in [0.3, 0.4) is 0 Å². The van der Waals surface area contributed by atoms with Crippen molar-refractivity contribution in [2.75, 3.05) is 32.8 Å². The quantitative estimate of drug-likeness (QED) is 0.0942. The molecule has 10 atom stereocenters. The Morgan fingerprint density at radius 3 is 2.49 bits per heavy atom. The zero-order valence-corrected chi connectivity index (χ0v) is 21.7. The monoisotopic (exact) mass is 532 g/mol. The average molecular weight is 533 g/mol. The number of aliphatic hydroxyl groups is 3. The number of hydrogen-bond acceptors (Lipinski definition) is 14. The molecule has 0 spiro atoms. The van der Waals surface area contributed by atoms with Crippen LogP contribution in [0.15, 0.2) is 23.7 Å². The highest BCUT2D eigenvalue weighted by Gasteiger charge is 2.47. The van der Waals surface area contributed by atoms with Crippen molar-refractivity contribution in [3.63, 3.8) is 0 Å². The summed E-state index contributed by atoms with van der Waals surface area (Å²) >= 11 is 0. The van der Waals surface area contributed by atoms with Crippen molar-refractivity contribution < 1.29 is 29.5 Å². The normalized spacial score (nSPS) is 34.9. The van der Waals surface area contributed by atoms with E-state index in [1.165, 1.54) is 0 Å². The zero-order valence-electron chi connectivity index (χ0n) is 21.7. The highest BCUT2D eigenvalue weighted by molar-refractivity contribution is 5.13. The lowest BCUT2D eigenvalue weighted by molar-refractivity contribution is -0.257. The Hall–Kier alpha value is -1.56. The zero-order chi connectivity index (χ0) is 27.7. The first kappa shape index (κ1) is 31.7. The molecule has 2 fully saturated rings. The molecule has 17 N–H and O–H groups in total. The Kier molecular flexibility index (Phi) is 13.0. The van der Waals surface area contributed by atoms with Crippen LogP contribution in [0.2, 0.25) is 0 Å². The molecule has 1 aliphatic heterocycles. The molecule has 0 bridgehead atoms. The minimum absolute atomic E-state index is 0.0399. The van der Waals surface area contributed by atoms with E-state index in [1.807, 2.05) is 0 Å². The Morgan fingerprint density at radius 1 is 1.16 bits per heavy atom. The topological polar surface area (TPSA) is 269 Å².